The summed E-state index contributed by atoms with van der Waals surface area (Å²) in [5.74, 6) is -0.174. The minimum absolute atomic E-state index is 0.0858. The van der Waals surface area contributed by atoms with Crippen molar-refractivity contribution in [2.24, 2.45) is 0 Å². The minimum Gasteiger partial charge on any atom is -0.393 e. The van der Waals surface area contributed by atoms with Crippen LogP contribution in [0.2, 0.25) is 0 Å². The quantitative estimate of drug-likeness (QED) is 0.632. The van der Waals surface area contributed by atoms with E-state index in [9.17, 15) is 14.7 Å². The number of imidazole rings is 1. The summed E-state index contributed by atoms with van der Waals surface area (Å²) >= 11 is 0. The molecule has 1 saturated carbocycles. The number of aromatic amines is 1. The topological polar surface area (TPSA) is 100 Å². The van der Waals surface area contributed by atoms with Crippen LogP contribution in [0.25, 0.3) is 11.0 Å². The van der Waals surface area contributed by atoms with Gasteiger partial charge in [0.25, 0.3) is 5.91 Å². The monoisotopic (exact) mass is 380 g/mol. The molecule has 3 N–H and O–H groups in total. The van der Waals surface area contributed by atoms with Crippen LogP contribution < -0.4 is 11.0 Å². The summed E-state index contributed by atoms with van der Waals surface area (Å²) < 4.78 is 1.77. The SMILES string of the molecule is O=C(NCCc1ccccn1)c1ccc2c(c1)[nH]c(=O)n2C1CCC(O)CC1. The summed E-state index contributed by atoms with van der Waals surface area (Å²) in [6.45, 7) is 0.496. The molecule has 1 fully saturated rings. The number of H-pyrrole nitrogens is 1. The van der Waals surface area contributed by atoms with Gasteiger partial charge in [-0.15, -0.1) is 0 Å². The molecule has 1 amide bonds. The van der Waals surface area contributed by atoms with E-state index < -0.39 is 0 Å². The summed E-state index contributed by atoms with van der Waals surface area (Å²) in [5.41, 5.74) is 2.74. The molecule has 0 radical (unpaired) electrons. The van der Waals surface area contributed by atoms with Crippen LogP contribution in [-0.4, -0.2) is 38.2 Å². The van der Waals surface area contributed by atoms with Crippen LogP contribution in [-0.2, 0) is 6.42 Å². The van der Waals surface area contributed by atoms with E-state index >= 15 is 0 Å². The first-order valence-electron chi connectivity index (χ1n) is 9.72. The molecule has 0 aliphatic heterocycles. The molecule has 146 valence electrons. The average molecular weight is 380 g/mol. The first-order valence-corrected chi connectivity index (χ1v) is 9.72. The number of nitrogens with zero attached hydrogens (tertiary/aromatic N) is 2. The van der Waals surface area contributed by atoms with Crippen LogP contribution >= 0.6 is 0 Å². The number of fused-ring (bicyclic) bond motifs is 1. The number of pyridine rings is 1. The maximum Gasteiger partial charge on any atom is 0.326 e. The predicted molar refractivity (Wildman–Crippen MR) is 106 cm³/mol. The number of hydrogen-bond donors (Lipinski definition) is 3. The molecule has 2 heterocycles. The Morgan fingerprint density at radius 1 is 1.21 bits per heavy atom. The Morgan fingerprint density at radius 2 is 2.04 bits per heavy atom. The molecule has 1 aliphatic carbocycles. The molecule has 7 nitrogen and oxygen atoms in total. The Morgan fingerprint density at radius 3 is 2.79 bits per heavy atom. The molecule has 28 heavy (non-hydrogen) atoms. The fourth-order valence-corrected chi connectivity index (χ4v) is 3.90. The lowest BCUT2D eigenvalue weighted by Crippen LogP contribution is -2.27. The van der Waals surface area contributed by atoms with E-state index in [0.29, 0.717) is 36.9 Å². The van der Waals surface area contributed by atoms with E-state index in [4.69, 9.17) is 0 Å². The molecule has 0 atom stereocenters. The molecule has 0 saturated heterocycles. The zero-order valence-electron chi connectivity index (χ0n) is 15.6. The number of carbonyl (C=O) groups excluding carboxylic acids is 1. The van der Waals surface area contributed by atoms with Gasteiger partial charge in [0.05, 0.1) is 17.1 Å². The Bertz CT molecular complexity index is 1020. The van der Waals surface area contributed by atoms with Crippen LogP contribution in [0.15, 0.2) is 47.4 Å². The van der Waals surface area contributed by atoms with Gasteiger partial charge in [-0.05, 0) is 56.0 Å². The maximum absolute atomic E-state index is 12.5. The largest absolute Gasteiger partial charge is 0.393 e. The van der Waals surface area contributed by atoms with E-state index in [1.54, 1.807) is 22.9 Å². The Labute approximate surface area is 162 Å². The Balaban J connectivity index is 1.47. The molecular formula is C21H24N4O3. The van der Waals surface area contributed by atoms with E-state index in [0.717, 1.165) is 24.1 Å². The predicted octanol–water partition coefficient (Wildman–Crippen LogP) is 2.17. The lowest BCUT2D eigenvalue weighted by atomic mass is 9.93. The van der Waals surface area contributed by atoms with E-state index in [1.165, 1.54) is 0 Å². The van der Waals surface area contributed by atoms with Crippen LogP contribution in [0, 0.1) is 0 Å². The molecule has 2 aromatic heterocycles. The van der Waals surface area contributed by atoms with Gasteiger partial charge in [-0.3, -0.25) is 14.3 Å². The Kier molecular flexibility index (Phi) is 5.25. The number of aliphatic hydroxyl groups excluding tert-OH is 1. The summed E-state index contributed by atoms with van der Waals surface area (Å²) in [5, 5.41) is 12.6. The Hall–Kier alpha value is -2.93. The molecule has 3 aromatic rings. The van der Waals surface area contributed by atoms with Crippen molar-refractivity contribution in [1.29, 1.82) is 0 Å². The van der Waals surface area contributed by atoms with Gasteiger partial charge in [-0.25, -0.2) is 4.79 Å². The number of amides is 1. The highest BCUT2D eigenvalue weighted by Crippen LogP contribution is 2.29. The summed E-state index contributed by atoms with van der Waals surface area (Å²) in [6, 6.07) is 11.1. The maximum atomic E-state index is 12.5. The molecular weight excluding hydrogens is 356 g/mol. The molecule has 1 aromatic carbocycles. The smallest absolute Gasteiger partial charge is 0.326 e. The zero-order chi connectivity index (χ0) is 19.5. The van der Waals surface area contributed by atoms with Crippen LogP contribution in [0.4, 0.5) is 0 Å². The van der Waals surface area contributed by atoms with Crippen molar-refractivity contribution in [3.63, 3.8) is 0 Å². The number of aliphatic hydroxyl groups is 1. The molecule has 7 heteroatoms. The van der Waals surface area contributed by atoms with Gasteiger partial charge in [0.1, 0.15) is 0 Å². The van der Waals surface area contributed by atoms with Gasteiger partial charge in [0.2, 0.25) is 0 Å². The highest BCUT2D eigenvalue weighted by molar-refractivity contribution is 5.97. The van der Waals surface area contributed by atoms with Crippen LogP contribution in [0.1, 0.15) is 47.8 Å². The third kappa shape index (κ3) is 3.84. The number of benzene rings is 1. The van der Waals surface area contributed by atoms with E-state index in [-0.39, 0.29) is 23.7 Å². The molecule has 0 spiro atoms. The first-order chi connectivity index (χ1) is 13.6. The molecule has 0 bridgehead atoms. The number of aromatic nitrogens is 3. The summed E-state index contributed by atoms with van der Waals surface area (Å²) in [7, 11) is 0. The van der Waals surface area contributed by atoms with Gasteiger partial charge in [-0.1, -0.05) is 6.07 Å². The summed E-state index contributed by atoms with van der Waals surface area (Å²) in [4.78, 5) is 32.0. The second-order valence-corrected chi connectivity index (χ2v) is 7.32. The van der Waals surface area contributed by atoms with Crippen LogP contribution in [0.3, 0.4) is 0 Å². The van der Waals surface area contributed by atoms with Crippen molar-refractivity contribution in [3.05, 3.63) is 64.3 Å². The third-order valence-electron chi connectivity index (χ3n) is 5.40. The van der Waals surface area contributed by atoms with Gasteiger partial charge in [0, 0.05) is 36.5 Å². The second kappa shape index (κ2) is 7.98. The van der Waals surface area contributed by atoms with Crippen molar-refractivity contribution in [2.45, 2.75) is 44.2 Å². The van der Waals surface area contributed by atoms with Crippen molar-refractivity contribution < 1.29 is 9.90 Å². The minimum atomic E-state index is -0.265. The number of hydrogen-bond acceptors (Lipinski definition) is 4. The second-order valence-electron chi connectivity index (χ2n) is 7.32. The molecule has 4 rings (SSSR count). The molecule has 0 unspecified atom stereocenters. The zero-order valence-corrected chi connectivity index (χ0v) is 15.6. The van der Waals surface area contributed by atoms with Crippen molar-refractivity contribution >= 4 is 16.9 Å². The summed E-state index contributed by atoms with van der Waals surface area (Å²) in [6.07, 6.45) is 5.11. The lowest BCUT2D eigenvalue weighted by Gasteiger charge is -2.26. The average Bonchev–Trinajstić information content (AvgIpc) is 3.04. The number of nitrogens with one attached hydrogen (secondary N) is 2. The first kappa shape index (κ1) is 18.4. The highest BCUT2D eigenvalue weighted by Gasteiger charge is 2.24. The normalized spacial score (nSPS) is 19.6. The van der Waals surface area contributed by atoms with Gasteiger partial charge in [0.15, 0.2) is 0 Å². The van der Waals surface area contributed by atoms with Crippen molar-refractivity contribution in [2.75, 3.05) is 6.54 Å². The molecule has 1 aliphatic rings. The van der Waals surface area contributed by atoms with Gasteiger partial charge < -0.3 is 15.4 Å². The van der Waals surface area contributed by atoms with Gasteiger partial charge in [-0.2, -0.15) is 0 Å². The number of rotatable bonds is 5. The highest BCUT2D eigenvalue weighted by atomic mass is 16.3. The van der Waals surface area contributed by atoms with Crippen molar-refractivity contribution in [3.8, 4) is 0 Å². The van der Waals surface area contributed by atoms with E-state index in [1.807, 2.05) is 24.3 Å². The number of carbonyl (C=O) groups is 1. The van der Waals surface area contributed by atoms with E-state index in [2.05, 4.69) is 15.3 Å². The van der Waals surface area contributed by atoms with Gasteiger partial charge >= 0.3 is 5.69 Å². The fraction of sp³-hybridized carbons (Fsp3) is 0.381. The fourth-order valence-electron chi connectivity index (χ4n) is 3.90. The standard InChI is InChI=1S/C21H24N4O3/c26-17-7-5-16(6-8-17)25-19-9-4-14(13-18(19)24-21(25)28)20(27)23-12-10-15-3-1-2-11-22-15/h1-4,9,11,13,16-17,26H,5-8,10,12H2,(H,23,27)(H,24,28). The van der Waals surface area contributed by atoms with Crippen LogP contribution in [0.5, 0.6) is 0 Å². The third-order valence-corrected chi connectivity index (χ3v) is 5.40. The van der Waals surface area contributed by atoms with Crippen molar-refractivity contribution in [1.82, 2.24) is 19.9 Å². The lowest BCUT2D eigenvalue weighted by molar-refractivity contribution is 0.0954.